The van der Waals surface area contributed by atoms with Crippen LogP contribution in [0.15, 0.2) is 12.1 Å². The Labute approximate surface area is 307 Å². The van der Waals surface area contributed by atoms with E-state index >= 15 is 8.78 Å². The Morgan fingerprint density at radius 3 is 2.72 bits per heavy atom. The molecule has 18 heteroatoms. The van der Waals surface area contributed by atoms with Crippen molar-refractivity contribution in [3.8, 4) is 29.0 Å². The van der Waals surface area contributed by atoms with Crippen molar-refractivity contribution < 1.29 is 44.9 Å². The topological polar surface area (TPSA) is 110 Å². The molecule has 4 aliphatic rings. The number of thiophene rings is 1. The van der Waals surface area contributed by atoms with Crippen LogP contribution < -0.4 is 20.1 Å². The largest absolute Gasteiger partial charge is 0.482 e. The summed E-state index contributed by atoms with van der Waals surface area (Å²) in [6, 6.07) is 2.28. The van der Waals surface area contributed by atoms with Crippen molar-refractivity contribution in [1.82, 2.24) is 14.9 Å². The average Bonchev–Trinajstić information content (AvgIpc) is 3.76. The normalized spacial score (nSPS) is 25.8. The molecular formula is C35H32ClF7N6O3S. The molecule has 0 radical (unpaired) electrons. The number of fused-ring (bicyclic) bond motifs is 4. The van der Waals surface area contributed by atoms with Crippen molar-refractivity contribution in [3.05, 3.63) is 34.4 Å². The van der Waals surface area contributed by atoms with E-state index in [0.29, 0.717) is 32.2 Å². The standard InChI is InChI=1S/C35H32ClF7N6O3S/c36-25-23(18-5-6-20(38)29-22(18)19(11-44)31(45)53-29)26(39)27-24-28(25)52-21(30(40)41)9-16-3-1-4-17(13-50-33(42)43)49(16)32(24)47-34(46-27)51-14-35-7-2-8-48(35)12-15(37)10-35/h5-6,15-17,21,30,33H,1-4,7-10,12-14,45H2/t15-,16?,17?,21?,35?/m1/s1. The van der Waals surface area contributed by atoms with Crippen LogP contribution in [-0.4, -0.2) is 84.1 Å². The molecule has 0 spiro atoms. The number of anilines is 2. The molecule has 0 amide bonds. The fraction of sp³-hybridized carbons (Fsp3) is 0.514. The molecule has 2 aromatic carbocycles. The molecule has 3 saturated heterocycles. The molecule has 9 nitrogen and oxygen atoms in total. The lowest BCUT2D eigenvalue weighted by Crippen LogP contribution is -2.52. The molecule has 4 aromatic rings. The number of aromatic nitrogens is 2. The Kier molecular flexibility index (Phi) is 9.39. The van der Waals surface area contributed by atoms with Crippen LogP contribution in [-0.2, 0) is 4.74 Å². The number of nitrogens with zero attached hydrogens (tertiary/aromatic N) is 5. The summed E-state index contributed by atoms with van der Waals surface area (Å²) in [4.78, 5) is 12.7. The van der Waals surface area contributed by atoms with Crippen LogP contribution in [0.2, 0.25) is 5.02 Å². The second kappa shape index (κ2) is 13.8. The van der Waals surface area contributed by atoms with E-state index in [1.165, 1.54) is 6.07 Å². The minimum absolute atomic E-state index is 0.0360. The summed E-state index contributed by atoms with van der Waals surface area (Å²) in [6.07, 6.45) is -3.39. The van der Waals surface area contributed by atoms with E-state index < -0.39 is 83.0 Å². The highest BCUT2D eigenvalue weighted by molar-refractivity contribution is 7.23. The molecule has 3 fully saturated rings. The lowest BCUT2D eigenvalue weighted by Gasteiger charge is -2.45. The third-order valence-corrected chi connectivity index (χ3v) is 12.3. The monoisotopic (exact) mass is 784 g/mol. The summed E-state index contributed by atoms with van der Waals surface area (Å²) in [6.45, 7) is -2.76. The summed E-state index contributed by atoms with van der Waals surface area (Å²) in [5.41, 5.74) is 4.29. The van der Waals surface area contributed by atoms with Gasteiger partial charge in [-0.05, 0) is 50.3 Å². The van der Waals surface area contributed by atoms with E-state index in [1.54, 1.807) is 4.90 Å². The smallest absolute Gasteiger partial charge is 0.345 e. The van der Waals surface area contributed by atoms with Gasteiger partial charge in [0, 0.05) is 36.4 Å². The van der Waals surface area contributed by atoms with E-state index in [9.17, 15) is 27.2 Å². The number of hydrogen-bond donors (Lipinski definition) is 1. The third kappa shape index (κ3) is 6.05. The van der Waals surface area contributed by atoms with Crippen LogP contribution in [0.1, 0.15) is 50.5 Å². The zero-order valence-electron chi connectivity index (χ0n) is 27.9. The van der Waals surface area contributed by atoms with Crippen molar-refractivity contribution in [3.63, 3.8) is 0 Å². The summed E-state index contributed by atoms with van der Waals surface area (Å²) < 4.78 is 120. The van der Waals surface area contributed by atoms with Crippen molar-refractivity contribution in [2.45, 2.75) is 87.9 Å². The molecule has 5 atom stereocenters. The van der Waals surface area contributed by atoms with Crippen LogP contribution in [0.4, 0.5) is 41.6 Å². The van der Waals surface area contributed by atoms with Gasteiger partial charge in [0.2, 0.25) is 0 Å². The molecule has 0 saturated carbocycles. The first-order valence-electron chi connectivity index (χ1n) is 17.2. The third-order valence-electron chi connectivity index (χ3n) is 10.9. The van der Waals surface area contributed by atoms with E-state index in [2.05, 4.69) is 9.97 Å². The van der Waals surface area contributed by atoms with Gasteiger partial charge < -0.3 is 24.8 Å². The highest BCUT2D eigenvalue weighted by atomic mass is 35.5. The van der Waals surface area contributed by atoms with E-state index in [1.807, 2.05) is 11.0 Å². The van der Waals surface area contributed by atoms with Crippen molar-refractivity contribution >= 4 is 54.7 Å². The maximum Gasteiger partial charge on any atom is 0.345 e. The number of piperidine rings is 1. The van der Waals surface area contributed by atoms with E-state index in [0.717, 1.165) is 23.8 Å². The fourth-order valence-electron chi connectivity index (χ4n) is 8.70. The summed E-state index contributed by atoms with van der Waals surface area (Å²) in [5.74, 6) is -2.30. The first-order valence-corrected chi connectivity index (χ1v) is 18.4. The van der Waals surface area contributed by atoms with Gasteiger partial charge in [-0.15, -0.1) is 11.3 Å². The van der Waals surface area contributed by atoms with E-state index in [4.69, 9.17) is 31.5 Å². The average molecular weight is 785 g/mol. The van der Waals surface area contributed by atoms with Crippen LogP contribution in [0, 0.1) is 23.0 Å². The lowest BCUT2D eigenvalue weighted by molar-refractivity contribution is -0.133. The van der Waals surface area contributed by atoms with Gasteiger partial charge in [0.15, 0.2) is 17.7 Å². The molecule has 2 N–H and O–H groups in total. The molecule has 282 valence electrons. The van der Waals surface area contributed by atoms with Crippen LogP contribution in [0.25, 0.3) is 32.1 Å². The predicted molar refractivity (Wildman–Crippen MR) is 184 cm³/mol. The minimum Gasteiger partial charge on any atom is -0.482 e. The molecule has 53 heavy (non-hydrogen) atoms. The summed E-state index contributed by atoms with van der Waals surface area (Å²) in [5, 5.41) is 9.17. The molecule has 0 aliphatic carbocycles. The quantitative estimate of drug-likeness (QED) is 0.177. The van der Waals surface area contributed by atoms with Crippen molar-refractivity contribution in [1.29, 1.82) is 5.26 Å². The second-order valence-electron chi connectivity index (χ2n) is 14.0. The molecule has 0 bridgehead atoms. The number of benzene rings is 2. The first-order chi connectivity index (χ1) is 25.4. The van der Waals surface area contributed by atoms with Crippen LogP contribution in [0.5, 0.6) is 11.8 Å². The lowest BCUT2D eigenvalue weighted by atomic mass is 9.90. The predicted octanol–water partition coefficient (Wildman–Crippen LogP) is 8.24. The highest BCUT2D eigenvalue weighted by Crippen LogP contribution is 2.52. The number of nitriles is 1. The summed E-state index contributed by atoms with van der Waals surface area (Å²) >= 11 is 7.73. The van der Waals surface area contributed by atoms with Crippen LogP contribution in [0.3, 0.4) is 0 Å². The van der Waals surface area contributed by atoms with E-state index in [-0.39, 0.29) is 69.4 Å². The Balaban J connectivity index is 1.39. The van der Waals surface area contributed by atoms with Gasteiger partial charge >= 0.3 is 12.6 Å². The molecule has 8 rings (SSSR count). The second-order valence-corrected chi connectivity index (χ2v) is 15.4. The maximum atomic E-state index is 17.4. The molecular weight excluding hydrogens is 753 g/mol. The number of rotatable bonds is 8. The number of nitrogen functional groups attached to an aromatic ring is 1. The summed E-state index contributed by atoms with van der Waals surface area (Å²) in [7, 11) is 0. The van der Waals surface area contributed by atoms with Crippen molar-refractivity contribution in [2.24, 2.45) is 0 Å². The number of hydrogen-bond acceptors (Lipinski definition) is 10. The highest BCUT2D eigenvalue weighted by Gasteiger charge is 2.50. The van der Waals surface area contributed by atoms with Gasteiger partial charge in [0.05, 0.1) is 38.9 Å². The van der Waals surface area contributed by atoms with Gasteiger partial charge in [-0.2, -0.15) is 24.0 Å². The van der Waals surface area contributed by atoms with Gasteiger partial charge in [0.25, 0.3) is 6.43 Å². The SMILES string of the molecule is N#Cc1c(N)sc2c(F)ccc(-c3c(Cl)c4c5c(nc(OCC67CCCN6C[C@H](F)C7)nc5c3F)N3C(COC(F)F)CCCC3CC(C(F)F)O4)c12. The van der Waals surface area contributed by atoms with Gasteiger partial charge in [-0.25, -0.2) is 22.0 Å². The minimum atomic E-state index is -3.12. The number of alkyl halides is 5. The van der Waals surface area contributed by atoms with Crippen molar-refractivity contribution in [2.75, 3.05) is 36.9 Å². The maximum absolute atomic E-state index is 17.4. The zero-order valence-corrected chi connectivity index (χ0v) is 29.4. The zero-order chi connectivity index (χ0) is 37.3. The Morgan fingerprint density at radius 2 is 1.96 bits per heavy atom. The van der Waals surface area contributed by atoms with Gasteiger partial charge in [0.1, 0.15) is 41.0 Å². The van der Waals surface area contributed by atoms with Crippen LogP contribution >= 0.6 is 22.9 Å². The fourth-order valence-corrected chi connectivity index (χ4v) is 9.97. The Hall–Kier alpha value is -3.85. The molecule has 4 aliphatic heterocycles. The molecule has 2 aromatic heterocycles. The Bertz CT molecular complexity index is 2140. The first kappa shape index (κ1) is 36.1. The Morgan fingerprint density at radius 1 is 1.15 bits per heavy atom. The molecule has 6 heterocycles. The number of ether oxygens (including phenoxy) is 3. The number of nitrogens with two attached hydrogens (primary N) is 1. The van der Waals surface area contributed by atoms with Gasteiger partial charge in [-0.1, -0.05) is 17.7 Å². The molecule has 4 unspecified atom stereocenters. The van der Waals surface area contributed by atoms with Gasteiger partial charge in [-0.3, -0.25) is 4.90 Å². The number of halogens is 8.